The zero-order valence-corrected chi connectivity index (χ0v) is 6.30. The lowest BCUT2D eigenvalue weighted by Crippen LogP contribution is -2.23. The first-order valence-corrected chi connectivity index (χ1v) is 3.20. The van der Waals surface area contributed by atoms with E-state index < -0.39 is 6.67 Å². The molecular formula is C7H12FNO. The molecule has 0 fully saturated rings. The molecule has 2 nitrogen and oxygen atoms in total. The predicted octanol–water partition coefficient (Wildman–Crippen LogP) is 0.990. The van der Waals surface area contributed by atoms with Crippen LogP contribution in [0.15, 0.2) is 12.2 Å². The fraction of sp³-hybridized carbons (Fsp3) is 0.571. The molecule has 58 valence electrons. The molecule has 10 heavy (non-hydrogen) atoms. The smallest absolute Gasteiger partial charge is 0.246 e. The molecule has 0 saturated heterocycles. The molecule has 0 aliphatic rings. The second-order valence-electron chi connectivity index (χ2n) is 1.91. The van der Waals surface area contributed by atoms with Crippen molar-refractivity contribution in [1.29, 1.82) is 0 Å². The van der Waals surface area contributed by atoms with E-state index in [1.807, 2.05) is 6.92 Å². The third-order valence-electron chi connectivity index (χ3n) is 1.20. The monoisotopic (exact) mass is 145 g/mol. The Morgan fingerprint density at radius 2 is 2.30 bits per heavy atom. The quantitative estimate of drug-likeness (QED) is 0.542. The Hall–Kier alpha value is -0.860. The van der Waals surface area contributed by atoms with Crippen LogP contribution in [-0.4, -0.2) is 31.1 Å². The molecule has 0 N–H and O–H groups in total. The van der Waals surface area contributed by atoms with Gasteiger partial charge >= 0.3 is 0 Å². The van der Waals surface area contributed by atoms with Crippen molar-refractivity contribution < 1.29 is 9.18 Å². The van der Waals surface area contributed by atoms with E-state index in [0.717, 1.165) is 0 Å². The minimum Gasteiger partial charge on any atom is -0.343 e. The third-order valence-corrected chi connectivity index (χ3v) is 1.20. The Morgan fingerprint density at radius 1 is 1.70 bits per heavy atom. The van der Waals surface area contributed by atoms with E-state index >= 15 is 0 Å². The zero-order chi connectivity index (χ0) is 7.98. The van der Waals surface area contributed by atoms with Gasteiger partial charge in [0, 0.05) is 19.7 Å². The molecule has 0 rings (SSSR count). The van der Waals surface area contributed by atoms with Gasteiger partial charge in [-0.1, -0.05) is 0 Å². The topological polar surface area (TPSA) is 20.3 Å². The van der Waals surface area contributed by atoms with Crippen LogP contribution in [0.5, 0.6) is 0 Å². The molecule has 0 saturated carbocycles. The van der Waals surface area contributed by atoms with E-state index in [9.17, 15) is 9.18 Å². The van der Waals surface area contributed by atoms with Crippen molar-refractivity contribution in [3.8, 4) is 0 Å². The molecule has 0 spiro atoms. The average Bonchev–Trinajstić information content (AvgIpc) is 1.98. The Balaban J connectivity index is 3.72. The molecule has 0 atom stereocenters. The number of carbonyl (C=O) groups is 1. The van der Waals surface area contributed by atoms with Crippen LogP contribution >= 0.6 is 0 Å². The van der Waals surface area contributed by atoms with Crippen LogP contribution in [0, 0.1) is 0 Å². The number of alkyl halides is 1. The van der Waals surface area contributed by atoms with Gasteiger partial charge in [0.25, 0.3) is 0 Å². The molecule has 0 aliphatic heterocycles. The highest BCUT2D eigenvalue weighted by Crippen LogP contribution is 1.85. The van der Waals surface area contributed by atoms with Gasteiger partial charge in [-0.2, -0.15) is 0 Å². The van der Waals surface area contributed by atoms with Gasteiger partial charge in [0.05, 0.1) is 0 Å². The number of likely N-dealkylation sites (N-methyl/N-ethyl adjacent to an activating group) is 1. The van der Waals surface area contributed by atoms with Crippen LogP contribution in [-0.2, 0) is 4.79 Å². The van der Waals surface area contributed by atoms with Crippen LogP contribution in [0.25, 0.3) is 0 Å². The average molecular weight is 145 g/mol. The molecule has 0 unspecified atom stereocenters. The number of carbonyl (C=O) groups excluding carboxylic acids is 1. The number of rotatable bonds is 3. The van der Waals surface area contributed by atoms with Gasteiger partial charge in [0.1, 0.15) is 6.67 Å². The van der Waals surface area contributed by atoms with Crippen LogP contribution in [0.2, 0.25) is 0 Å². The van der Waals surface area contributed by atoms with Crippen molar-refractivity contribution >= 4 is 5.91 Å². The van der Waals surface area contributed by atoms with Gasteiger partial charge < -0.3 is 4.90 Å². The molecule has 1 amide bonds. The number of halogens is 1. The van der Waals surface area contributed by atoms with Gasteiger partial charge in [-0.3, -0.25) is 4.79 Å². The number of hydrogen-bond acceptors (Lipinski definition) is 1. The molecule has 0 aromatic carbocycles. The second kappa shape index (κ2) is 4.97. The molecule has 0 radical (unpaired) electrons. The maximum Gasteiger partial charge on any atom is 0.246 e. The maximum absolute atomic E-state index is 11.5. The summed E-state index contributed by atoms with van der Waals surface area (Å²) in [6.45, 7) is 1.93. The first kappa shape index (κ1) is 9.14. The van der Waals surface area contributed by atoms with Crippen molar-refractivity contribution in [3.05, 3.63) is 12.2 Å². The SMILES string of the molecule is CCN(C)C(=O)/C=C/CF. The van der Waals surface area contributed by atoms with Crippen LogP contribution in [0.3, 0.4) is 0 Å². The second-order valence-corrected chi connectivity index (χ2v) is 1.91. The minimum atomic E-state index is -0.580. The summed E-state index contributed by atoms with van der Waals surface area (Å²) < 4.78 is 11.5. The number of nitrogens with zero attached hydrogens (tertiary/aromatic N) is 1. The predicted molar refractivity (Wildman–Crippen MR) is 38.4 cm³/mol. The van der Waals surface area contributed by atoms with Gasteiger partial charge in [-0.25, -0.2) is 4.39 Å². The van der Waals surface area contributed by atoms with Gasteiger partial charge in [-0.05, 0) is 13.0 Å². The summed E-state index contributed by atoms with van der Waals surface area (Å²) in [4.78, 5) is 12.3. The van der Waals surface area contributed by atoms with Crippen LogP contribution in [0.4, 0.5) is 4.39 Å². The first-order chi connectivity index (χ1) is 4.72. The van der Waals surface area contributed by atoms with E-state index in [-0.39, 0.29) is 5.91 Å². The highest BCUT2D eigenvalue weighted by atomic mass is 19.1. The first-order valence-electron chi connectivity index (χ1n) is 3.20. The Morgan fingerprint density at radius 3 is 2.70 bits per heavy atom. The lowest BCUT2D eigenvalue weighted by atomic mass is 10.4. The fourth-order valence-electron chi connectivity index (χ4n) is 0.428. The summed E-state index contributed by atoms with van der Waals surface area (Å²) in [7, 11) is 1.67. The number of allylic oxidation sites excluding steroid dienone is 1. The van der Waals surface area contributed by atoms with Crippen LogP contribution in [0.1, 0.15) is 6.92 Å². The number of amides is 1. The van der Waals surface area contributed by atoms with Crippen molar-refractivity contribution in [2.24, 2.45) is 0 Å². The third kappa shape index (κ3) is 3.22. The summed E-state index contributed by atoms with van der Waals surface area (Å²) in [5.74, 6) is -0.153. The summed E-state index contributed by atoms with van der Waals surface area (Å²) >= 11 is 0. The van der Waals surface area contributed by atoms with Crippen LogP contribution < -0.4 is 0 Å². The lowest BCUT2D eigenvalue weighted by Gasteiger charge is -2.10. The lowest BCUT2D eigenvalue weighted by molar-refractivity contribution is -0.124. The largest absolute Gasteiger partial charge is 0.343 e. The van der Waals surface area contributed by atoms with E-state index in [2.05, 4.69) is 0 Å². The normalized spacial score (nSPS) is 10.3. The summed E-state index contributed by atoms with van der Waals surface area (Å²) in [6, 6.07) is 0. The van der Waals surface area contributed by atoms with E-state index in [4.69, 9.17) is 0 Å². The molecule has 0 heterocycles. The Labute approximate surface area is 60.3 Å². The minimum absolute atomic E-state index is 0.153. The zero-order valence-electron chi connectivity index (χ0n) is 6.30. The maximum atomic E-state index is 11.5. The van der Waals surface area contributed by atoms with Crippen molar-refractivity contribution in [1.82, 2.24) is 4.90 Å². The van der Waals surface area contributed by atoms with E-state index in [0.29, 0.717) is 6.54 Å². The molecular weight excluding hydrogens is 133 g/mol. The van der Waals surface area contributed by atoms with Gasteiger partial charge in [-0.15, -0.1) is 0 Å². The highest BCUT2D eigenvalue weighted by Gasteiger charge is 1.98. The van der Waals surface area contributed by atoms with Gasteiger partial charge in [0.2, 0.25) is 5.91 Å². The number of hydrogen-bond donors (Lipinski definition) is 0. The van der Waals surface area contributed by atoms with Crippen molar-refractivity contribution in [2.75, 3.05) is 20.3 Å². The van der Waals surface area contributed by atoms with Crippen molar-refractivity contribution in [3.63, 3.8) is 0 Å². The van der Waals surface area contributed by atoms with Gasteiger partial charge in [0.15, 0.2) is 0 Å². The molecule has 0 aromatic heterocycles. The summed E-state index contributed by atoms with van der Waals surface area (Å²) in [5.41, 5.74) is 0. The molecule has 0 bridgehead atoms. The Bertz CT molecular complexity index is 134. The molecule has 0 aliphatic carbocycles. The van der Waals surface area contributed by atoms with E-state index in [1.54, 1.807) is 7.05 Å². The van der Waals surface area contributed by atoms with Crippen molar-refractivity contribution in [2.45, 2.75) is 6.92 Å². The fourth-order valence-corrected chi connectivity index (χ4v) is 0.428. The molecule has 0 aromatic rings. The molecule has 3 heteroatoms. The summed E-state index contributed by atoms with van der Waals surface area (Å²) in [5, 5.41) is 0. The Kier molecular flexibility index (Phi) is 4.54. The highest BCUT2D eigenvalue weighted by molar-refractivity contribution is 5.87. The standard InChI is InChI=1S/C7H12FNO/c1-3-9(2)7(10)5-4-6-8/h4-5H,3,6H2,1-2H3/b5-4+. The van der Waals surface area contributed by atoms with E-state index in [1.165, 1.54) is 17.1 Å². The summed E-state index contributed by atoms with van der Waals surface area (Å²) in [6.07, 6.45) is 2.44.